The van der Waals surface area contributed by atoms with Gasteiger partial charge < -0.3 is 24.4 Å². The second-order valence-corrected chi connectivity index (χ2v) is 4.82. The van der Waals surface area contributed by atoms with Crippen LogP contribution in [0.15, 0.2) is 36.5 Å². The maximum absolute atomic E-state index is 12.0. The van der Waals surface area contributed by atoms with E-state index >= 15 is 0 Å². The molecule has 0 radical (unpaired) electrons. The minimum Gasteiger partial charge on any atom is -0.394 e. The van der Waals surface area contributed by atoms with Gasteiger partial charge in [0.1, 0.15) is 0 Å². The summed E-state index contributed by atoms with van der Waals surface area (Å²) in [6.45, 7) is 11.8. The molecular formula is C20H36F6O5. The molecule has 0 aromatic heterocycles. The first kappa shape index (κ1) is 36.9. The van der Waals surface area contributed by atoms with Crippen molar-refractivity contribution >= 4 is 0 Å². The van der Waals surface area contributed by atoms with E-state index in [2.05, 4.69) is 11.3 Å². The third-order valence-corrected chi connectivity index (χ3v) is 2.42. The molecular weight excluding hydrogens is 434 g/mol. The number of aliphatic hydroxyl groups is 2. The van der Waals surface area contributed by atoms with Crippen LogP contribution < -0.4 is 0 Å². The Morgan fingerprint density at radius 1 is 0.903 bits per heavy atom. The Morgan fingerprint density at radius 3 is 1.74 bits per heavy atom. The lowest BCUT2D eigenvalue weighted by atomic mass is 10.2. The normalized spacial score (nSPS) is 11.5. The molecule has 5 nitrogen and oxygen atoms in total. The van der Waals surface area contributed by atoms with Gasteiger partial charge in [0.15, 0.2) is 0 Å². The van der Waals surface area contributed by atoms with Crippen molar-refractivity contribution in [3.63, 3.8) is 0 Å². The summed E-state index contributed by atoms with van der Waals surface area (Å²) >= 11 is 0. The number of hydrogen-bond acceptors (Lipinski definition) is 5. The van der Waals surface area contributed by atoms with Crippen molar-refractivity contribution in [2.75, 3.05) is 53.4 Å². The van der Waals surface area contributed by atoms with Gasteiger partial charge in [-0.15, -0.1) is 0 Å². The minimum atomic E-state index is -4.59. The van der Waals surface area contributed by atoms with Crippen LogP contribution in [0.1, 0.15) is 27.2 Å². The first-order valence-corrected chi connectivity index (χ1v) is 9.49. The largest absolute Gasteiger partial charge is 0.416 e. The summed E-state index contributed by atoms with van der Waals surface area (Å²) < 4.78 is 85.0. The summed E-state index contributed by atoms with van der Waals surface area (Å²) in [4.78, 5) is 0. The second kappa shape index (κ2) is 26.6. The Labute approximate surface area is 181 Å². The van der Waals surface area contributed by atoms with Gasteiger partial charge in [0.25, 0.3) is 0 Å². The third kappa shape index (κ3) is 39.6. The van der Waals surface area contributed by atoms with Crippen LogP contribution in [0, 0.1) is 0 Å². The predicted octanol–water partition coefficient (Wildman–Crippen LogP) is 4.85. The molecule has 0 amide bonds. The van der Waals surface area contributed by atoms with Crippen LogP contribution in [-0.2, 0) is 14.2 Å². The Morgan fingerprint density at radius 2 is 1.42 bits per heavy atom. The Bertz CT molecular complexity index is 413. The molecule has 0 saturated carbocycles. The fraction of sp³-hybridized carbons (Fsp3) is 0.700. The Hall–Kier alpha value is -1.40. The highest BCUT2D eigenvalue weighted by Gasteiger charge is 2.30. The summed E-state index contributed by atoms with van der Waals surface area (Å²) in [5.41, 5.74) is -1.08. The summed E-state index contributed by atoms with van der Waals surface area (Å²) in [6.07, 6.45) is -7.86. The molecule has 0 atom stereocenters. The van der Waals surface area contributed by atoms with Crippen LogP contribution in [0.25, 0.3) is 0 Å². The highest BCUT2D eigenvalue weighted by atomic mass is 19.4. The van der Waals surface area contributed by atoms with Gasteiger partial charge in [-0.2, -0.15) is 26.3 Å². The Kier molecular flexibility index (Phi) is 31.7. The van der Waals surface area contributed by atoms with E-state index in [0.29, 0.717) is 50.7 Å². The average molecular weight is 470 g/mol. The molecule has 0 heterocycles. The number of aliphatic hydroxyl groups excluding tert-OH is 2. The molecule has 0 aromatic rings. The summed E-state index contributed by atoms with van der Waals surface area (Å²) in [5.74, 6) is 0. The zero-order chi connectivity index (χ0) is 25.2. The Balaban J connectivity index is -0.000000193. The van der Waals surface area contributed by atoms with Gasteiger partial charge in [-0.1, -0.05) is 44.7 Å². The fourth-order valence-corrected chi connectivity index (χ4v) is 1.17. The quantitative estimate of drug-likeness (QED) is 0.257. The molecule has 0 rings (SSSR count). The molecule has 188 valence electrons. The van der Waals surface area contributed by atoms with Gasteiger partial charge in [0.05, 0.1) is 51.6 Å². The molecule has 0 aromatic carbocycles. The van der Waals surface area contributed by atoms with E-state index in [1.807, 2.05) is 20.8 Å². The average Bonchev–Trinajstić information content (AvgIpc) is 2.69. The lowest BCUT2D eigenvalue weighted by Crippen LogP contribution is -2.09. The van der Waals surface area contributed by atoms with Crippen molar-refractivity contribution in [3.05, 3.63) is 36.5 Å². The molecule has 2 N–H and O–H groups in total. The number of hydrogen-bond donors (Lipinski definition) is 2. The van der Waals surface area contributed by atoms with Crippen LogP contribution in [0.5, 0.6) is 0 Å². The van der Waals surface area contributed by atoms with Gasteiger partial charge in [-0.25, -0.2) is 0 Å². The molecule has 0 aliphatic rings. The van der Waals surface area contributed by atoms with E-state index in [-0.39, 0.29) is 13.2 Å². The molecule has 0 bridgehead atoms. The van der Waals surface area contributed by atoms with Crippen molar-refractivity contribution < 1.29 is 50.8 Å². The maximum Gasteiger partial charge on any atom is 0.416 e. The zero-order valence-corrected chi connectivity index (χ0v) is 18.6. The van der Waals surface area contributed by atoms with Crippen LogP contribution in [0.4, 0.5) is 26.3 Å². The number of halogens is 6. The van der Waals surface area contributed by atoms with Crippen LogP contribution in [0.2, 0.25) is 0 Å². The van der Waals surface area contributed by atoms with Crippen molar-refractivity contribution in [1.29, 1.82) is 0 Å². The van der Waals surface area contributed by atoms with Crippen LogP contribution in [-0.4, -0.2) is 75.9 Å². The van der Waals surface area contributed by atoms with E-state index in [9.17, 15) is 26.3 Å². The second-order valence-electron chi connectivity index (χ2n) is 4.82. The van der Waals surface area contributed by atoms with E-state index in [4.69, 9.17) is 19.7 Å². The molecule has 0 aliphatic carbocycles. The highest BCUT2D eigenvalue weighted by Crippen LogP contribution is 2.26. The van der Waals surface area contributed by atoms with Crippen molar-refractivity contribution in [2.45, 2.75) is 39.5 Å². The maximum atomic E-state index is 12.0. The first-order chi connectivity index (χ1) is 14.5. The van der Waals surface area contributed by atoms with Gasteiger partial charge in [-0.3, -0.25) is 0 Å². The third-order valence-electron chi connectivity index (χ3n) is 2.42. The molecule has 0 aliphatic heterocycles. The highest BCUT2D eigenvalue weighted by molar-refractivity contribution is 5.26. The van der Waals surface area contributed by atoms with Gasteiger partial charge in [-0.05, 0) is 6.92 Å². The number of rotatable bonds is 11. The molecule has 31 heavy (non-hydrogen) atoms. The van der Waals surface area contributed by atoms with E-state index in [1.165, 1.54) is 0 Å². The van der Waals surface area contributed by atoms with Crippen molar-refractivity contribution in [1.82, 2.24) is 0 Å². The summed E-state index contributed by atoms with van der Waals surface area (Å²) in [6, 6.07) is 0. The van der Waals surface area contributed by atoms with Crippen molar-refractivity contribution in [2.24, 2.45) is 0 Å². The molecule has 0 fully saturated rings. The lowest BCUT2D eigenvalue weighted by Gasteiger charge is -2.05. The fourth-order valence-electron chi connectivity index (χ4n) is 1.17. The molecule has 0 unspecified atom stereocenters. The van der Waals surface area contributed by atoms with Crippen LogP contribution in [0.3, 0.4) is 0 Å². The number of allylic oxidation sites excluding steroid dienone is 5. The number of alkyl halides is 6. The van der Waals surface area contributed by atoms with Crippen LogP contribution >= 0.6 is 0 Å². The monoisotopic (exact) mass is 470 g/mol. The summed E-state index contributed by atoms with van der Waals surface area (Å²) in [7, 11) is 1.55. The van der Waals surface area contributed by atoms with Gasteiger partial charge in [0, 0.05) is 13.7 Å². The SMILES string of the molecule is C=C/C(=C\C=C/CC(F)(F)F)C(F)(F)F.CC.CCOCCOCCO.COCCO. The standard InChI is InChI=1S/C9H8F6.C6H14O3.C3H8O2.C2H6/c1-2-7(9(13,14)15)5-3-4-6-8(10,11)12;1-2-8-5-6-9-4-3-7;1-5-3-2-4;1-2/h2-5H,1,6H2;7H,2-6H2,1H3;4H,2-3H2,1H3;1-2H3/b4-3-,7-5+;;;. The van der Waals surface area contributed by atoms with E-state index in [0.717, 1.165) is 6.61 Å². The zero-order valence-electron chi connectivity index (χ0n) is 18.6. The van der Waals surface area contributed by atoms with Gasteiger partial charge >= 0.3 is 12.4 Å². The molecule has 0 saturated heterocycles. The molecule has 0 spiro atoms. The first-order valence-electron chi connectivity index (χ1n) is 9.49. The number of ether oxygens (including phenoxy) is 3. The van der Waals surface area contributed by atoms with E-state index in [1.54, 1.807) is 7.11 Å². The predicted molar refractivity (Wildman–Crippen MR) is 109 cm³/mol. The van der Waals surface area contributed by atoms with Gasteiger partial charge in [0.2, 0.25) is 0 Å². The smallest absolute Gasteiger partial charge is 0.394 e. The lowest BCUT2D eigenvalue weighted by molar-refractivity contribution is -0.125. The summed E-state index contributed by atoms with van der Waals surface area (Å²) in [5, 5.41) is 16.2. The van der Waals surface area contributed by atoms with E-state index < -0.39 is 24.3 Å². The number of methoxy groups -OCH3 is 1. The minimum absolute atomic E-state index is 0.0894. The molecule has 11 heteroatoms. The topological polar surface area (TPSA) is 68.2 Å². The van der Waals surface area contributed by atoms with Crippen molar-refractivity contribution in [3.8, 4) is 0 Å².